The van der Waals surface area contributed by atoms with Gasteiger partial charge in [0.25, 0.3) is 0 Å². The quantitative estimate of drug-likeness (QED) is 0.505. The van der Waals surface area contributed by atoms with Gasteiger partial charge in [0, 0.05) is 6.00 Å². The Balaban J connectivity index is 2.15. The lowest BCUT2D eigenvalue weighted by molar-refractivity contribution is 0.0257. The zero-order chi connectivity index (χ0) is 8.97. The molecule has 68 valence electrons. The molecule has 0 amide bonds. The average molecular weight is 168 g/mol. The van der Waals surface area contributed by atoms with Gasteiger partial charge in [-0.25, -0.2) is 0 Å². The second-order valence-electron chi connectivity index (χ2n) is 3.51. The molecule has 2 radical (unpaired) electrons. The Labute approximate surface area is 75.7 Å². The summed E-state index contributed by atoms with van der Waals surface area (Å²) in [6, 6.07) is -0.244. The van der Waals surface area contributed by atoms with Crippen LogP contribution in [0.3, 0.4) is 0 Å². The SMILES string of the molecule is [B]C1CC(O)C(CCCCC)O1. The molecule has 0 aromatic heterocycles. The van der Waals surface area contributed by atoms with Crippen molar-refractivity contribution >= 4 is 7.85 Å². The summed E-state index contributed by atoms with van der Waals surface area (Å²) in [6.07, 6.45) is 4.74. The van der Waals surface area contributed by atoms with E-state index < -0.39 is 0 Å². The standard InChI is InChI=1S/C9H17BO2/c1-2-3-4-5-8-7(11)6-9(10)12-8/h7-9,11H,2-6H2,1H3. The third-order valence-electron chi connectivity index (χ3n) is 2.34. The van der Waals surface area contributed by atoms with E-state index in [9.17, 15) is 5.11 Å². The zero-order valence-electron chi connectivity index (χ0n) is 7.70. The summed E-state index contributed by atoms with van der Waals surface area (Å²) in [4.78, 5) is 0. The molecule has 1 aliphatic rings. The molecule has 1 rings (SSSR count). The van der Waals surface area contributed by atoms with E-state index in [2.05, 4.69) is 6.92 Å². The molecule has 1 saturated heterocycles. The molecule has 2 nitrogen and oxygen atoms in total. The van der Waals surface area contributed by atoms with Crippen LogP contribution < -0.4 is 0 Å². The molecule has 3 atom stereocenters. The molecule has 12 heavy (non-hydrogen) atoms. The molecular formula is C9H17BO2. The summed E-state index contributed by atoms with van der Waals surface area (Å²) in [5.41, 5.74) is 0. The second kappa shape index (κ2) is 4.88. The first-order chi connectivity index (χ1) is 5.74. The van der Waals surface area contributed by atoms with Crippen molar-refractivity contribution in [2.45, 2.75) is 57.2 Å². The van der Waals surface area contributed by atoms with Crippen LogP contribution in [0.4, 0.5) is 0 Å². The zero-order valence-corrected chi connectivity index (χ0v) is 7.70. The maximum Gasteiger partial charge on any atom is 0.109 e. The molecule has 1 aliphatic heterocycles. The maximum absolute atomic E-state index is 9.45. The Morgan fingerprint density at radius 1 is 1.50 bits per heavy atom. The van der Waals surface area contributed by atoms with Crippen LogP contribution >= 0.6 is 0 Å². The highest BCUT2D eigenvalue weighted by molar-refractivity contribution is 6.11. The number of rotatable bonds is 4. The highest BCUT2D eigenvalue weighted by Gasteiger charge is 2.29. The summed E-state index contributed by atoms with van der Waals surface area (Å²) in [5, 5.41) is 9.45. The first-order valence-electron chi connectivity index (χ1n) is 4.83. The summed E-state index contributed by atoms with van der Waals surface area (Å²) in [5.74, 6) is 0. The van der Waals surface area contributed by atoms with Crippen molar-refractivity contribution in [3.63, 3.8) is 0 Å². The van der Waals surface area contributed by atoms with Gasteiger partial charge in [0.1, 0.15) is 7.85 Å². The van der Waals surface area contributed by atoms with E-state index in [1.807, 2.05) is 0 Å². The molecule has 0 aliphatic carbocycles. The normalized spacial score (nSPS) is 35.7. The van der Waals surface area contributed by atoms with Crippen LogP contribution in [0.2, 0.25) is 0 Å². The van der Waals surface area contributed by atoms with Crippen LogP contribution in [-0.2, 0) is 4.74 Å². The fourth-order valence-electron chi connectivity index (χ4n) is 1.62. The molecule has 0 spiro atoms. The monoisotopic (exact) mass is 168 g/mol. The summed E-state index contributed by atoms with van der Waals surface area (Å²) >= 11 is 0. The minimum Gasteiger partial charge on any atom is -0.390 e. The van der Waals surface area contributed by atoms with Crippen LogP contribution in [0.1, 0.15) is 39.0 Å². The average Bonchev–Trinajstić information content (AvgIpc) is 2.31. The third-order valence-corrected chi connectivity index (χ3v) is 2.34. The van der Waals surface area contributed by atoms with Gasteiger partial charge in [0.2, 0.25) is 0 Å². The van der Waals surface area contributed by atoms with E-state index in [0.717, 1.165) is 12.8 Å². The van der Waals surface area contributed by atoms with Crippen LogP contribution in [0.5, 0.6) is 0 Å². The number of aliphatic hydroxyl groups is 1. The Hall–Kier alpha value is -0.0151. The van der Waals surface area contributed by atoms with Gasteiger partial charge in [-0.05, 0) is 12.8 Å². The predicted molar refractivity (Wildman–Crippen MR) is 49.2 cm³/mol. The second-order valence-corrected chi connectivity index (χ2v) is 3.51. The van der Waals surface area contributed by atoms with E-state index in [-0.39, 0.29) is 18.2 Å². The van der Waals surface area contributed by atoms with Crippen LogP contribution in [0, 0.1) is 0 Å². The minimum atomic E-state index is -0.336. The van der Waals surface area contributed by atoms with Gasteiger partial charge < -0.3 is 9.84 Å². The van der Waals surface area contributed by atoms with E-state index in [1.165, 1.54) is 12.8 Å². The summed E-state index contributed by atoms with van der Waals surface area (Å²) < 4.78 is 5.35. The van der Waals surface area contributed by atoms with Gasteiger partial charge in [-0.15, -0.1) is 0 Å². The summed E-state index contributed by atoms with van der Waals surface area (Å²) in [7, 11) is 5.54. The van der Waals surface area contributed by atoms with Gasteiger partial charge in [0.05, 0.1) is 12.2 Å². The first-order valence-corrected chi connectivity index (χ1v) is 4.83. The highest BCUT2D eigenvalue weighted by Crippen LogP contribution is 2.22. The molecular weight excluding hydrogens is 151 g/mol. The lowest BCUT2D eigenvalue weighted by Crippen LogP contribution is -2.20. The van der Waals surface area contributed by atoms with Gasteiger partial charge in [-0.1, -0.05) is 26.2 Å². The van der Waals surface area contributed by atoms with E-state index in [0.29, 0.717) is 6.42 Å². The van der Waals surface area contributed by atoms with Gasteiger partial charge in [-0.3, -0.25) is 0 Å². The first kappa shape index (κ1) is 10.1. The fraction of sp³-hybridized carbons (Fsp3) is 1.00. The fourth-order valence-corrected chi connectivity index (χ4v) is 1.62. The molecule has 0 saturated carbocycles. The van der Waals surface area contributed by atoms with Crippen molar-refractivity contribution in [2.75, 3.05) is 0 Å². The molecule has 1 heterocycles. The lowest BCUT2D eigenvalue weighted by atomic mass is 9.95. The largest absolute Gasteiger partial charge is 0.390 e. The van der Waals surface area contributed by atoms with Crippen molar-refractivity contribution in [3.05, 3.63) is 0 Å². The van der Waals surface area contributed by atoms with Gasteiger partial charge in [0.15, 0.2) is 0 Å². The van der Waals surface area contributed by atoms with E-state index in [4.69, 9.17) is 12.6 Å². The van der Waals surface area contributed by atoms with Crippen LogP contribution in [-0.4, -0.2) is 31.2 Å². The molecule has 0 bridgehead atoms. The molecule has 3 heteroatoms. The smallest absolute Gasteiger partial charge is 0.109 e. The Bertz CT molecular complexity index is 130. The van der Waals surface area contributed by atoms with E-state index >= 15 is 0 Å². The van der Waals surface area contributed by atoms with Crippen molar-refractivity contribution in [1.82, 2.24) is 0 Å². The number of aliphatic hydroxyl groups excluding tert-OH is 1. The van der Waals surface area contributed by atoms with Crippen molar-refractivity contribution in [1.29, 1.82) is 0 Å². The van der Waals surface area contributed by atoms with Crippen LogP contribution in [0.25, 0.3) is 0 Å². The van der Waals surface area contributed by atoms with E-state index in [1.54, 1.807) is 0 Å². The number of unbranched alkanes of at least 4 members (excludes halogenated alkanes) is 2. The molecule has 1 fully saturated rings. The van der Waals surface area contributed by atoms with Crippen LogP contribution in [0.15, 0.2) is 0 Å². The lowest BCUT2D eigenvalue weighted by Gasteiger charge is -2.13. The van der Waals surface area contributed by atoms with Crippen molar-refractivity contribution in [2.24, 2.45) is 0 Å². The third kappa shape index (κ3) is 2.79. The van der Waals surface area contributed by atoms with Crippen molar-refractivity contribution < 1.29 is 9.84 Å². The topological polar surface area (TPSA) is 29.5 Å². The predicted octanol–water partition coefficient (Wildman–Crippen LogP) is 1.21. The Kier molecular flexibility index (Phi) is 4.09. The van der Waals surface area contributed by atoms with Gasteiger partial charge in [-0.2, -0.15) is 0 Å². The van der Waals surface area contributed by atoms with Gasteiger partial charge >= 0.3 is 0 Å². The molecule has 3 unspecified atom stereocenters. The minimum absolute atomic E-state index is 0.00782. The molecule has 0 aromatic carbocycles. The number of ether oxygens (including phenoxy) is 1. The Morgan fingerprint density at radius 3 is 2.75 bits per heavy atom. The highest BCUT2D eigenvalue weighted by atomic mass is 16.5. The summed E-state index contributed by atoms with van der Waals surface area (Å²) in [6.45, 7) is 2.16. The maximum atomic E-state index is 9.45. The number of hydrogen-bond donors (Lipinski definition) is 1. The van der Waals surface area contributed by atoms with Crippen molar-refractivity contribution in [3.8, 4) is 0 Å². The molecule has 1 N–H and O–H groups in total. The molecule has 0 aromatic rings. The number of hydrogen-bond acceptors (Lipinski definition) is 2. The Morgan fingerprint density at radius 2 is 2.25 bits per heavy atom.